The molecule has 0 radical (unpaired) electrons. The second-order valence-corrected chi connectivity index (χ2v) is 7.54. The van der Waals surface area contributed by atoms with Crippen LogP contribution in [0.2, 0.25) is 10.0 Å². The number of nitrogens with zero attached hydrogens (tertiary/aromatic N) is 2. The fourth-order valence-electron chi connectivity index (χ4n) is 3.07. The fourth-order valence-corrected chi connectivity index (χ4v) is 3.46. The lowest BCUT2D eigenvalue weighted by atomic mass is 10.0. The first kappa shape index (κ1) is 21.7. The van der Waals surface area contributed by atoms with Gasteiger partial charge in [0.05, 0.1) is 24.2 Å². The Morgan fingerprint density at radius 3 is 2.43 bits per heavy atom. The van der Waals surface area contributed by atoms with Gasteiger partial charge in [0.2, 0.25) is 5.82 Å². The van der Waals surface area contributed by atoms with Crippen molar-refractivity contribution in [1.29, 1.82) is 0 Å². The number of benzene rings is 2. The molecule has 0 bridgehead atoms. The number of halogens is 2. The molecule has 0 atom stereocenters. The number of rotatable bonds is 5. The highest BCUT2D eigenvalue weighted by molar-refractivity contribution is 6.35. The summed E-state index contributed by atoms with van der Waals surface area (Å²) in [5, 5.41) is 3.84. The van der Waals surface area contributed by atoms with Crippen LogP contribution in [0, 0.1) is 13.8 Å². The van der Waals surface area contributed by atoms with E-state index in [1.165, 1.54) is 13.3 Å². The third-order valence-corrected chi connectivity index (χ3v) is 5.03. The molecule has 0 unspecified atom stereocenters. The molecule has 1 N–H and O–H groups in total. The van der Waals surface area contributed by atoms with Crippen molar-refractivity contribution >= 4 is 40.8 Å². The monoisotopic (exact) mass is 443 g/mol. The molecular weight excluding hydrogens is 425 g/mol. The summed E-state index contributed by atoms with van der Waals surface area (Å²) in [6, 6.07) is 10.4. The number of esters is 1. The van der Waals surface area contributed by atoms with E-state index in [0.29, 0.717) is 27.0 Å². The van der Waals surface area contributed by atoms with Gasteiger partial charge in [0.1, 0.15) is 0 Å². The Morgan fingerprint density at radius 2 is 1.77 bits per heavy atom. The van der Waals surface area contributed by atoms with Gasteiger partial charge in [0.25, 0.3) is 5.91 Å². The summed E-state index contributed by atoms with van der Waals surface area (Å²) in [7, 11) is 1.35. The maximum atomic E-state index is 12.8. The van der Waals surface area contributed by atoms with Gasteiger partial charge < -0.3 is 10.1 Å². The number of amides is 1. The fraction of sp³-hybridized carbons (Fsp3) is 0.182. The summed E-state index contributed by atoms with van der Waals surface area (Å²) in [4.78, 5) is 32.7. The van der Waals surface area contributed by atoms with Crippen molar-refractivity contribution in [3.05, 3.63) is 75.2 Å². The normalized spacial score (nSPS) is 10.6. The molecular formula is C22H19Cl2N3O3. The molecule has 1 heterocycles. The molecule has 1 aromatic heterocycles. The highest BCUT2D eigenvalue weighted by Gasteiger charge is 2.16. The van der Waals surface area contributed by atoms with Crippen LogP contribution in [0.4, 0.5) is 5.69 Å². The molecule has 0 saturated carbocycles. The maximum Gasteiger partial charge on any atom is 0.309 e. The summed E-state index contributed by atoms with van der Waals surface area (Å²) >= 11 is 12.3. The molecule has 1 amide bonds. The topological polar surface area (TPSA) is 81.2 Å². The molecule has 6 nitrogen and oxygen atoms in total. The first-order valence-corrected chi connectivity index (χ1v) is 9.81. The number of aryl methyl sites for hydroxylation is 2. The van der Waals surface area contributed by atoms with E-state index in [2.05, 4.69) is 15.3 Å². The number of carbonyl (C=O) groups excluding carboxylic acids is 2. The van der Waals surface area contributed by atoms with Gasteiger partial charge in [-0.15, -0.1) is 0 Å². The molecule has 3 rings (SSSR count). The van der Waals surface area contributed by atoms with Crippen LogP contribution in [-0.4, -0.2) is 29.0 Å². The molecule has 0 aliphatic carbocycles. The average molecular weight is 444 g/mol. The molecule has 0 spiro atoms. The lowest BCUT2D eigenvalue weighted by molar-refractivity contribution is -0.139. The zero-order valence-corrected chi connectivity index (χ0v) is 18.1. The van der Waals surface area contributed by atoms with Crippen LogP contribution >= 0.6 is 23.2 Å². The van der Waals surface area contributed by atoms with Crippen molar-refractivity contribution in [2.75, 3.05) is 12.4 Å². The first-order chi connectivity index (χ1) is 14.3. The molecule has 0 aliphatic rings. The van der Waals surface area contributed by atoms with E-state index < -0.39 is 5.91 Å². The third-order valence-electron chi connectivity index (χ3n) is 4.47. The molecule has 0 fully saturated rings. The Kier molecular flexibility index (Phi) is 6.70. The van der Waals surface area contributed by atoms with E-state index in [1.807, 2.05) is 26.0 Å². The van der Waals surface area contributed by atoms with Gasteiger partial charge in [0.15, 0.2) is 0 Å². The molecule has 8 heteroatoms. The van der Waals surface area contributed by atoms with Gasteiger partial charge in [0, 0.05) is 22.5 Å². The predicted molar refractivity (Wildman–Crippen MR) is 117 cm³/mol. The average Bonchev–Trinajstić information content (AvgIpc) is 2.72. The van der Waals surface area contributed by atoms with Crippen LogP contribution in [0.1, 0.15) is 27.3 Å². The smallest absolute Gasteiger partial charge is 0.309 e. The zero-order chi connectivity index (χ0) is 21.8. The van der Waals surface area contributed by atoms with Crippen LogP contribution < -0.4 is 5.32 Å². The summed E-state index contributed by atoms with van der Waals surface area (Å²) in [5.74, 6) is -0.779. The van der Waals surface area contributed by atoms with E-state index >= 15 is 0 Å². The van der Waals surface area contributed by atoms with Gasteiger partial charge in [-0.1, -0.05) is 35.3 Å². The second kappa shape index (κ2) is 9.24. The van der Waals surface area contributed by atoms with Gasteiger partial charge in [-0.25, -0.2) is 9.97 Å². The molecule has 154 valence electrons. The Morgan fingerprint density at radius 1 is 1.07 bits per heavy atom. The van der Waals surface area contributed by atoms with Crippen molar-refractivity contribution in [3.8, 4) is 11.3 Å². The largest absolute Gasteiger partial charge is 0.469 e. The van der Waals surface area contributed by atoms with Gasteiger partial charge in [-0.2, -0.15) is 0 Å². The zero-order valence-electron chi connectivity index (χ0n) is 16.6. The van der Waals surface area contributed by atoms with Crippen molar-refractivity contribution < 1.29 is 14.3 Å². The third kappa shape index (κ3) is 4.96. The number of methoxy groups -OCH3 is 1. The van der Waals surface area contributed by atoms with Crippen LogP contribution in [-0.2, 0) is 16.0 Å². The van der Waals surface area contributed by atoms with Crippen molar-refractivity contribution in [2.45, 2.75) is 20.3 Å². The number of hydrogen-bond donors (Lipinski definition) is 1. The van der Waals surface area contributed by atoms with Gasteiger partial charge >= 0.3 is 5.97 Å². The van der Waals surface area contributed by atoms with E-state index in [1.54, 1.807) is 24.3 Å². The van der Waals surface area contributed by atoms with Gasteiger partial charge in [-0.05, 0) is 54.8 Å². The lowest BCUT2D eigenvalue weighted by Crippen LogP contribution is -2.17. The van der Waals surface area contributed by atoms with E-state index in [0.717, 1.165) is 16.7 Å². The van der Waals surface area contributed by atoms with E-state index in [4.69, 9.17) is 27.9 Å². The SMILES string of the molecule is COC(=O)Cc1cc(C)c(NC(=O)c2nccc(-c3cc(Cl)ccc3Cl)n2)c(C)c1. The number of nitrogens with one attached hydrogen (secondary N) is 1. The molecule has 30 heavy (non-hydrogen) atoms. The van der Waals surface area contributed by atoms with Crippen molar-refractivity contribution in [3.63, 3.8) is 0 Å². The number of hydrogen-bond acceptors (Lipinski definition) is 5. The Balaban J connectivity index is 1.86. The summed E-state index contributed by atoms with van der Waals surface area (Å²) in [6.07, 6.45) is 1.66. The van der Waals surface area contributed by atoms with Crippen LogP contribution in [0.15, 0.2) is 42.6 Å². The van der Waals surface area contributed by atoms with E-state index in [9.17, 15) is 9.59 Å². The van der Waals surface area contributed by atoms with Crippen molar-refractivity contribution in [2.24, 2.45) is 0 Å². The summed E-state index contributed by atoms with van der Waals surface area (Å²) in [6.45, 7) is 3.71. The number of anilines is 1. The first-order valence-electron chi connectivity index (χ1n) is 9.05. The predicted octanol–water partition coefficient (Wildman–Crippen LogP) is 5.04. The molecule has 3 aromatic rings. The van der Waals surface area contributed by atoms with Crippen molar-refractivity contribution in [1.82, 2.24) is 9.97 Å². The van der Waals surface area contributed by atoms with E-state index in [-0.39, 0.29) is 18.2 Å². The lowest BCUT2D eigenvalue weighted by Gasteiger charge is -2.13. The number of aromatic nitrogens is 2. The van der Waals surface area contributed by atoms with Gasteiger partial charge in [-0.3, -0.25) is 9.59 Å². The Bertz CT molecular complexity index is 1110. The maximum absolute atomic E-state index is 12.8. The minimum absolute atomic E-state index is 0.000907. The Hall–Kier alpha value is -2.96. The second-order valence-electron chi connectivity index (χ2n) is 6.70. The molecule has 0 saturated heterocycles. The summed E-state index contributed by atoms with van der Waals surface area (Å²) < 4.78 is 4.71. The Labute approximate surface area is 184 Å². The van der Waals surface area contributed by atoms with Crippen LogP contribution in [0.25, 0.3) is 11.3 Å². The minimum atomic E-state index is -0.457. The summed E-state index contributed by atoms with van der Waals surface area (Å²) in [5.41, 5.74) is 4.18. The standard InChI is InChI=1S/C22H19Cl2N3O3/c1-12-8-14(10-19(28)30-3)9-13(2)20(12)27-22(29)21-25-7-6-18(26-21)16-11-15(23)4-5-17(16)24/h4-9,11H,10H2,1-3H3,(H,27,29). The molecule has 2 aromatic carbocycles. The van der Waals surface area contributed by atoms with Crippen LogP contribution in [0.3, 0.4) is 0 Å². The van der Waals surface area contributed by atoms with Crippen LogP contribution in [0.5, 0.6) is 0 Å². The number of ether oxygens (including phenoxy) is 1. The quantitative estimate of drug-likeness (QED) is 0.558. The highest BCUT2D eigenvalue weighted by Crippen LogP contribution is 2.29. The molecule has 0 aliphatic heterocycles. The number of carbonyl (C=O) groups is 2. The minimum Gasteiger partial charge on any atom is -0.469 e. The highest BCUT2D eigenvalue weighted by atomic mass is 35.5.